The van der Waals surface area contributed by atoms with Crippen molar-refractivity contribution < 1.29 is 4.39 Å². The van der Waals surface area contributed by atoms with Gasteiger partial charge in [-0.1, -0.05) is 25.2 Å². The molecule has 2 rings (SSSR count). The molecule has 0 saturated heterocycles. The Hall–Kier alpha value is -1.55. The number of aromatic amines is 1. The van der Waals surface area contributed by atoms with Gasteiger partial charge < -0.3 is 4.98 Å². The molecule has 1 N–H and O–H groups in total. The summed E-state index contributed by atoms with van der Waals surface area (Å²) in [5.74, 6) is 0.370. The van der Waals surface area contributed by atoms with Crippen LogP contribution in [-0.2, 0) is 6.42 Å². The van der Waals surface area contributed by atoms with Crippen molar-refractivity contribution in [2.24, 2.45) is 0 Å². The van der Waals surface area contributed by atoms with Gasteiger partial charge in [0.1, 0.15) is 16.3 Å². The number of aromatic nitrogens is 2. The van der Waals surface area contributed by atoms with Crippen molar-refractivity contribution >= 4 is 12.2 Å². The quantitative estimate of drug-likeness (QED) is 0.825. The molecule has 0 aliphatic carbocycles. The molecule has 0 radical (unpaired) electrons. The lowest BCUT2D eigenvalue weighted by molar-refractivity contribution is 0.627. The molecular weight excluding hydrogens is 247 g/mol. The predicted octanol–water partition coefficient (Wildman–Crippen LogP) is 4.12. The Labute approximate surface area is 111 Å². The van der Waals surface area contributed by atoms with E-state index in [1.54, 1.807) is 6.07 Å². The van der Waals surface area contributed by atoms with Gasteiger partial charge in [0.25, 0.3) is 0 Å². The fourth-order valence-electron chi connectivity index (χ4n) is 1.91. The summed E-state index contributed by atoms with van der Waals surface area (Å²) in [5, 5.41) is 0. The van der Waals surface area contributed by atoms with Gasteiger partial charge in [0.05, 0.1) is 0 Å². The highest BCUT2D eigenvalue weighted by atomic mass is 32.1. The van der Waals surface area contributed by atoms with E-state index in [2.05, 4.69) is 16.9 Å². The molecule has 2 nitrogen and oxygen atoms in total. The normalized spacial score (nSPS) is 10.7. The molecule has 0 spiro atoms. The van der Waals surface area contributed by atoms with Gasteiger partial charge in [-0.15, -0.1) is 0 Å². The molecule has 1 aromatic heterocycles. The Bertz CT molecular complexity index is 647. The van der Waals surface area contributed by atoms with Gasteiger partial charge in [0.2, 0.25) is 0 Å². The number of nitrogens with one attached hydrogen (secondary N) is 1. The summed E-state index contributed by atoms with van der Waals surface area (Å²) < 4.78 is 13.9. The monoisotopic (exact) mass is 262 g/mol. The molecule has 4 heteroatoms. The van der Waals surface area contributed by atoms with E-state index >= 15 is 0 Å². The van der Waals surface area contributed by atoms with Gasteiger partial charge in [-0.3, -0.25) is 0 Å². The third kappa shape index (κ3) is 2.34. The van der Waals surface area contributed by atoms with E-state index in [0.717, 1.165) is 28.8 Å². The molecular formula is C14H15FN2S. The third-order valence-electron chi connectivity index (χ3n) is 3.06. The van der Waals surface area contributed by atoms with Crippen LogP contribution in [0.4, 0.5) is 4.39 Å². The van der Waals surface area contributed by atoms with Gasteiger partial charge in [0, 0.05) is 16.8 Å². The van der Waals surface area contributed by atoms with E-state index in [-0.39, 0.29) is 5.82 Å². The topological polar surface area (TPSA) is 28.7 Å². The minimum atomic E-state index is -0.268. The smallest absolute Gasteiger partial charge is 0.139 e. The van der Waals surface area contributed by atoms with Crippen molar-refractivity contribution in [1.29, 1.82) is 0 Å². The third-order valence-corrected chi connectivity index (χ3v) is 3.46. The lowest BCUT2D eigenvalue weighted by atomic mass is 10.1. The van der Waals surface area contributed by atoms with Crippen molar-refractivity contribution in [3.63, 3.8) is 0 Å². The zero-order chi connectivity index (χ0) is 13.3. The summed E-state index contributed by atoms with van der Waals surface area (Å²) in [7, 11) is 0. The Morgan fingerprint density at radius 2 is 2.06 bits per heavy atom. The second-order valence-electron chi connectivity index (χ2n) is 4.31. The fraction of sp³-hybridized carbons (Fsp3) is 0.286. The highest BCUT2D eigenvalue weighted by Gasteiger charge is 2.09. The fourth-order valence-corrected chi connectivity index (χ4v) is 2.12. The molecule has 0 saturated carbocycles. The number of rotatable bonds is 2. The molecule has 2 aromatic rings. The maximum absolute atomic E-state index is 13.3. The van der Waals surface area contributed by atoms with Gasteiger partial charge >= 0.3 is 0 Å². The molecule has 0 atom stereocenters. The number of H-pyrrole nitrogens is 1. The first kappa shape index (κ1) is 12.9. The van der Waals surface area contributed by atoms with Crippen LogP contribution in [0.2, 0.25) is 0 Å². The van der Waals surface area contributed by atoms with Crippen LogP contribution in [0.1, 0.15) is 23.7 Å². The first-order chi connectivity index (χ1) is 8.52. The molecule has 94 valence electrons. The maximum atomic E-state index is 13.3. The highest BCUT2D eigenvalue weighted by Crippen LogP contribution is 2.22. The number of hydrogen-bond donors (Lipinski definition) is 1. The van der Waals surface area contributed by atoms with Crippen LogP contribution in [0.3, 0.4) is 0 Å². The van der Waals surface area contributed by atoms with Gasteiger partial charge in [-0.05, 0) is 38.0 Å². The molecule has 0 amide bonds. The summed E-state index contributed by atoms with van der Waals surface area (Å²) >= 11 is 5.25. The minimum Gasteiger partial charge on any atom is -0.343 e. The van der Waals surface area contributed by atoms with E-state index in [0.29, 0.717) is 10.5 Å². The largest absolute Gasteiger partial charge is 0.343 e. The number of nitrogens with zero attached hydrogens (tertiary/aromatic N) is 1. The summed E-state index contributed by atoms with van der Waals surface area (Å²) in [6.45, 7) is 5.93. The van der Waals surface area contributed by atoms with E-state index in [4.69, 9.17) is 12.2 Å². The molecule has 0 unspecified atom stereocenters. The average molecular weight is 262 g/mol. The molecule has 0 aliphatic rings. The molecule has 1 aromatic carbocycles. The number of halogens is 1. The van der Waals surface area contributed by atoms with Gasteiger partial charge in [-0.2, -0.15) is 0 Å². The van der Waals surface area contributed by atoms with Crippen molar-refractivity contribution in [2.75, 3.05) is 0 Å². The summed E-state index contributed by atoms with van der Waals surface area (Å²) in [5.41, 5.74) is 3.77. The van der Waals surface area contributed by atoms with Crippen LogP contribution < -0.4 is 0 Å². The van der Waals surface area contributed by atoms with Crippen LogP contribution in [0.5, 0.6) is 0 Å². The van der Waals surface area contributed by atoms with Crippen LogP contribution in [-0.4, -0.2) is 9.97 Å². The number of benzene rings is 1. The number of hydrogen-bond acceptors (Lipinski definition) is 2. The van der Waals surface area contributed by atoms with Crippen molar-refractivity contribution in [2.45, 2.75) is 27.2 Å². The van der Waals surface area contributed by atoms with Gasteiger partial charge in [-0.25, -0.2) is 9.37 Å². The molecule has 0 fully saturated rings. The highest BCUT2D eigenvalue weighted by molar-refractivity contribution is 7.71. The van der Waals surface area contributed by atoms with E-state index in [1.165, 1.54) is 12.1 Å². The average Bonchev–Trinajstić information content (AvgIpc) is 2.35. The van der Waals surface area contributed by atoms with E-state index in [1.807, 2.05) is 13.8 Å². The van der Waals surface area contributed by atoms with Gasteiger partial charge in [0.15, 0.2) is 0 Å². The maximum Gasteiger partial charge on any atom is 0.139 e. The Morgan fingerprint density at radius 1 is 1.33 bits per heavy atom. The molecule has 1 heterocycles. The lowest BCUT2D eigenvalue weighted by Crippen LogP contribution is -2.00. The van der Waals surface area contributed by atoms with Crippen LogP contribution in [0.25, 0.3) is 11.4 Å². The Morgan fingerprint density at radius 3 is 2.72 bits per heavy atom. The second kappa shape index (κ2) is 4.98. The standard InChI is InChI=1S/C14H15FN2S/c1-4-12-9(3)14(18)17-13(16-12)11-7-10(15)6-5-8(11)2/h5-7H,4H2,1-3H3,(H,16,17,18). The van der Waals surface area contributed by atoms with Crippen LogP contribution in [0.15, 0.2) is 18.2 Å². The first-order valence-electron chi connectivity index (χ1n) is 5.89. The van der Waals surface area contributed by atoms with Crippen molar-refractivity contribution in [3.8, 4) is 11.4 Å². The predicted molar refractivity (Wildman–Crippen MR) is 73.7 cm³/mol. The van der Waals surface area contributed by atoms with Crippen molar-refractivity contribution in [1.82, 2.24) is 9.97 Å². The Kier molecular flexibility index (Phi) is 3.57. The van der Waals surface area contributed by atoms with E-state index in [9.17, 15) is 4.39 Å². The Balaban J connectivity index is 2.68. The van der Waals surface area contributed by atoms with Crippen LogP contribution >= 0.6 is 12.2 Å². The molecule has 0 aliphatic heterocycles. The summed E-state index contributed by atoms with van der Waals surface area (Å²) in [6.07, 6.45) is 0.847. The zero-order valence-electron chi connectivity index (χ0n) is 10.7. The second-order valence-corrected chi connectivity index (χ2v) is 4.69. The molecule has 0 bridgehead atoms. The SMILES string of the molecule is CCc1[nH]c(-c2cc(F)ccc2C)nc(=S)c1C. The first-order valence-corrected chi connectivity index (χ1v) is 6.30. The molecule has 18 heavy (non-hydrogen) atoms. The lowest BCUT2D eigenvalue weighted by Gasteiger charge is -2.10. The summed E-state index contributed by atoms with van der Waals surface area (Å²) in [4.78, 5) is 7.59. The zero-order valence-corrected chi connectivity index (χ0v) is 11.5. The summed E-state index contributed by atoms with van der Waals surface area (Å²) in [6, 6.07) is 4.68. The minimum absolute atomic E-state index is 0.268. The van der Waals surface area contributed by atoms with Crippen molar-refractivity contribution in [3.05, 3.63) is 45.5 Å². The number of aryl methyl sites for hydroxylation is 2. The van der Waals surface area contributed by atoms with Crippen LogP contribution in [0, 0.1) is 24.3 Å². The van der Waals surface area contributed by atoms with E-state index < -0.39 is 0 Å².